The topological polar surface area (TPSA) is 143 Å². The molecule has 0 atom stereocenters. The zero-order valence-electron chi connectivity index (χ0n) is 7.39. The molecule has 0 N–H and O–H groups in total. The van der Waals surface area contributed by atoms with Crippen LogP contribution in [0.15, 0.2) is 0 Å². The fourth-order valence-electron chi connectivity index (χ4n) is 0.265. The standard InChI is InChI=1S/6CN.2Fe.K/c6*1-2;;;/q;;;;;;-4;+3;+1. The molecule has 0 aromatic heterocycles. The summed E-state index contributed by atoms with van der Waals surface area (Å²) in [6.45, 7) is 0. The average molecular weight is 307 g/mol. The second-order valence-corrected chi connectivity index (χ2v) is 7.42. The molecular formula is C6Fe2KN6. The fourth-order valence-corrected chi connectivity index (χ4v) is 1.09. The van der Waals surface area contributed by atoms with Crippen molar-refractivity contribution in [1.29, 1.82) is 31.6 Å². The van der Waals surface area contributed by atoms with E-state index in [9.17, 15) is 0 Å². The third-order valence-electron chi connectivity index (χ3n) is 1.19. The maximum absolute atomic E-state index is 8.58. The van der Waals surface area contributed by atoms with E-state index in [1.165, 1.54) is 0 Å². The van der Waals surface area contributed by atoms with E-state index in [2.05, 4.69) is 0 Å². The predicted octanol–water partition coefficient (Wildman–Crippen LogP) is -2.90. The van der Waals surface area contributed by atoms with Crippen molar-refractivity contribution in [2.75, 3.05) is 0 Å². The summed E-state index contributed by atoms with van der Waals surface area (Å²) in [5, 5.41) is 51.5. The molecule has 0 aliphatic rings. The smallest absolute Gasteiger partial charge is 1.00 e. The Morgan fingerprint density at radius 1 is 0.533 bits per heavy atom. The van der Waals surface area contributed by atoms with E-state index in [1.807, 2.05) is 0 Å². The molecule has 0 unspecified atom stereocenters. The first-order valence-electron chi connectivity index (χ1n) is 2.40. The van der Waals surface area contributed by atoms with Crippen LogP contribution in [0.25, 0.3) is 0 Å². The summed E-state index contributed by atoms with van der Waals surface area (Å²) >= 11 is 0. The van der Waals surface area contributed by atoms with E-state index in [0.29, 0.717) is 0 Å². The third-order valence-corrected chi connectivity index (χ3v) is 4.89. The van der Waals surface area contributed by atoms with Crippen molar-refractivity contribution in [2.45, 2.75) is 0 Å². The van der Waals surface area contributed by atoms with E-state index < -0.39 is 10.7 Å². The second kappa shape index (κ2) is 5.10. The molecule has 0 rings (SSSR count). The largest absolute Gasteiger partial charge is 3.00 e. The Bertz CT molecular complexity index is 395. The quantitative estimate of drug-likeness (QED) is 0.439. The van der Waals surface area contributed by atoms with Crippen LogP contribution >= 0.6 is 0 Å². The summed E-state index contributed by atoms with van der Waals surface area (Å²) in [6.07, 6.45) is 0. The van der Waals surface area contributed by atoms with Crippen LogP contribution in [-0.4, -0.2) is 0 Å². The molecule has 0 aliphatic carbocycles. The average Bonchev–Trinajstić information content (AvgIpc) is 2.26. The molecular weight excluding hydrogens is 307 g/mol. The van der Waals surface area contributed by atoms with Gasteiger partial charge in [-0.05, 0) is 0 Å². The number of hydrogen-bond acceptors (Lipinski definition) is 6. The minimum absolute atomic E-state index is 0. The van der Waals surface area contributed by atoms with Gasteiger partial charge in [-0.3, -0.25) is 0 Å². The van der Waals surface area contributed by atoms with Gasteiger partial charge in [0.15, 0.2) is 0 Å². The molecule has 0 aromatic rings. The van der Waals surface area contributed by atoms with Gasteiger partial charge < -0.3 is 0 Å². The monoisotopic (exact) mass is 307 g/mol. The Kier molecular flexibility index (Phi) is 6.83. The normalized spacial score (nSPS) is 11.6. The molecule has 0 fully saturated rings. The van der Waals surface area contributed by atoms with Crippen LogP contribution in [0.3, 0.4) is 0 Å². The molecule has 0 amide bonds. The van der Waals surface area contributed by atoms with Gasteiger partial charge in [0.05, 0.1) is 0 Å². The number of nitrogens with zero attached hydrogens (tertiary/aromatic N) is 6. The van der Waals surface area contributed by atoms with Gasteiger partial charge in [-0.25, -0.2) is 0 Å². The Hall–Kier alpha value is -0.385. The van der Waals surface area contributed by atoms with Crippen LogP contribution < -0.4 is 51.4 Å². The van der Waals surface area contributed by atoms with Crippen molar-refractivity contribution in [2.24, 2.45) is 0 Å². The first-order chi connectivity index (χ1) is 5.97. The number of rotatable bonds is 0. The Labute approximate surface area is 138 Å². The molecule has 0 bridgehead atoms. The van der Waals surface area contributed by atoms with Gasteiger partial charge in [0.2, 0.25) is 0 Å². The molecule has 9 heteroatoms. The van der Waals surface area contributed by atoms with Gasteiger partial charge in [0, 0.05) is 0 Å². The van der Waals surface area contributed by atoms with Gasteiger partial charge in [0.1, 0.15) is 0 Å². The first-order valence-corrected chi connectivity index (χ1v) is 5.71. The van der Waals surface area contributed by atoms with Gasteiger partial charge in [-0.2, -0.15) is 0 Å². The zero-order valence-corrected chi connectivity index (χ0v) is 12.7. The Balaban J connectivity index is -0.000000720. The van der Waals surface area contributed by atoms with E-state index in [1.54, 1.807) is 0 Å². The second-order valence-electron chi connectivity index (χ2n) is 1.80. The molecule has 0 saturated carbocycles. The van der Waals surface area contributed by atoms with Crippen LogP contribution in [0.1, 0.15) is 0 Å². The SMILES string of the molecule is N#[C][Fe-4]([C]#N)([C]#N)([C]#N)([C]#N)[C]#N.[Fe+3].[K+]. The van der Waals surface area contributed by atoms with E-state index in [4.69, 9.17) is 31.6 Å². The molecule has 0 saturated heterocycles. The molecule has 0 aliphatic heterocycles. The van der Waals surface area contributed by atoms with E-state index >= 15 is 0 Å². The van der Waals surface area contributed by atoms with Gasteiger partial charge in [0.25, 0.3) is 0 Å². The minimum atomic E-state index is -6.17. The Morgan fingerprint density at radius 3 is 0.667 bits per heavy atom. The summed E-state index contributed by atoms with van der Waals surface area (Å²) in [4.78, 5) is 6.19. The summed E-state index contributed by atoms with van der Waals surface area (Å²) in [7, 11) is -6.17. The fraction of sp³-hybridized carbons (Fsp3) is 0. The van der Waals surface area contributed by atoms with Gasteiger partial charge in [-0.1, -0.05) is 0 Å². The van der Waals surface area contributed by atoms with Crippen molar-refractivity contribution in [1.82, 2.24) is 0 Å². The third kappa shape index (κ3) is 2.09. The van der Waals surface area contributed by atoms with Crippen LogP contribution in [0, 0.1) is 61.4 Å². The van der Waals surface area contributed by atoms with Crippen molar-refractivity contribution >= 4 is 0 Å². The summed E-state index contributed by atoms with van der Waals surface area (Å²) in [5.41, 5.74) is 0. The van der Waals surface area contributed by atoms with E-state index in [-0.39, 0.29) is 68.5 Å². The van der Waals surface area contributed by atoms with Gasteiger partial charge >= 0.3 is 141 Å². The van der Waals surface area contributed by atoms with Crippen LogP contribution in [0.2, 0.25) is 0 Å². The molecule has 71 valence electrons. The molecule has 0 aromatic carbocycles. The molecule has 0 heterocycles. The molecule has 0 spiro atoms. The maximum Gasteiger partial charge on any atom is 3.00 e. The zero-order chi connectivity index (χ0) is 10.7. The predicted molar refractivity (Wildman–Crippen MR) is 33.7 cm³/mol. The summed E-state index contributed by atoms with van der Waals surface area (Å²) in [5.74, 6) is 0. The van der Waals surface area contributed by atoms with Crippen LogP contribution in [-0.2, 0) is 27.8 Å². The van der Waals surface area contributed by atoms with Crippen LogP contribution in [0.5, 0.6) is 0 Å². The maximum atomic E-state index is 8.58. The summed E-state index contributed by atoms with van der Waals surface area (Å²) in [6, 6.07) is 0. The van der Waals surface area contributed by atoms with Crippen LogP contribution in [0.4, 0.5) is 0 Å². The Morgan fingerprint density at radius 2 is 0.667 bits per heavy atom. The van der Waals surface area contributed by atoms with E-state index in [0.717, 1.165) is 29.8 Å². The minimum Gasteiger partial charge on any atom is 1.00 e. The molecule has 1 radical (unpaired) electrons. The van der Waals surface area contributed by atoms with Gasteiger partial charge in [-0.15, -0.1) is 0 Å². The summed E-state index contributed by atoms with van der Waals surface area (Å²) < 4.78 is 0. The molecule has 15 heavy (non-hydrogen) atoms. The van der Waals surface area contributed by atoms with Crippen molar-refractivity contribution in [3.8, 4) is 29.8 Å². The van der Waals surface area contributed by atoms with Crippen molar-refractivity contribution < 1.29 is 79.2 Å². The van der Waals surface area contributed by atoms with Crippen molar-refractivity contribution in [3.05, 3.63) is 0 Å². The molecule has 6 nitrogen and oxygen atoms in total. The number of nitriles is 6. The van der Waals surface area contributed by atoms with Crippen molar-refractivity contribution in [3.63, 3.8) is 0 Å². The first kappa shape index (κ1) is 20.1. The number of hydrogen-bond donors (Lipinski definition) is 0.